The van der Waals surface area contributed by atoms with Gasteiger partial charge in [-0.2, -0.15) is 13.2 Å². The number of halogens is 3. The fraction of sp³-hybridized carbons (Fsp3) is 0.833. The van der Waals surface area contributed by atoms with E-state index in [0.717, 1.165) is 32.1 Å². The molecule has 1 amide bonds. The van der Waals surface area contributed by atoms with Gasteiger partial charge in [0, 0.05) is 0 Å². The highest BCUT2D eigenvalue weighted by atomic mass is 32.1. The number of rotatable bonds is 6. The third-order valence-electron chi connectivity index (χ3n) is 3.24. The minimum absolute atomic E-state index is 0.160. The van der Waals surface area contributed by atoms with Gasteiger partial charge in [-0.15, -0.1) is 0 Å². The molecule has 116 valence electrons. The number of nitrogens with one attached hydrogen (secondary N) is 1. The Morgan fingerprint density at radius 1 is 1.35 bits per heavy atom. The Hall–Kier alpha value is -0.890. The SMILES string of the molecule is NC(=S)C(NC(=O)COCC(F)(F)F)C1CCCCC1. The lowest BCUT2D eigenvalue weighted by molar-refractivity contribution is -0.175. The second kappa shape index (κ2) is 7.78. The van der Waals surface area contributed by atoms with Gasteiger partial charge in [0.05, 0.1) is 11.0 Å². The van der Waals surface area contributed by atoms with Crippen LogP contribution in [0.25, 0.3) is 0 Å². The van der Waals surface area contributed by atoms with E-state index in [9.17, 15) is 18.0 Å². The highest BCUT2D eigenvalue weighted by Crippen LogP contribution is 2.26. The van der Waals surface area contributed by atoms with Crippen LogP contribution < -0.4 is 11.1 Å². The molecular formula is C12H19F3N2O2S. The number of amides is 1. The summed E-state index contributed by atoms with van der Waals surface area (Å²) in [6.45, 7) is -2.09. The Morgan fingerprint density at radius 2 is 1.95 bits per heavy atom. The minimum atomic E-state index is -4.44. The van der Waals surface area contributed by atoms with Crippen LogP contribution in [-0.4, -0.2) is 36.3 Å². The fourth-order valence-electron chi connectivity index (χ4n) is 2.36. The summed E-state index contributed by atoms with van der Waals surface area (Å²) in [5.41, 5.74) is 5.61. The quantitative estimate of drug-likeness (QED) is 0.736. The summed E-state index contributed by atoms with van der Waals surface area (Å²) >= 11 is 4.93. The van der Waals surface area contributed by atoms with E-state index in [0.29, 0.717) is 0 Å². The van der Waals surface area contributed by atoms with E-state index >= 15 is 0 Å². The number of thiocarbonyl (C=S) groups is 1. The summed E-state index contributed by atoms with van der Waals surface area (Å²) in [7, 11) is 0. The van der Waals surface area contributed by atoms with Crippen LogP contribution in [-0.2, 0) is 9.53 Å². The van der Waals surface area contributed by atoms with Gasteiger partial charge >= 0.3 is 6.18 Å². The Kier molecular flexibility index (Phi) is 6.67. The third-order valence-corrected chi connectivity index (χ3v) is 3.50. The van der Waals surface area contributed by atoms with Gasteiger partial charge in [0.2, 0.25) is 5.91 Å². The number of hydrogen-bond donors (Lipinski definition) is 2. The minimum Gasteiger partial charge on any atom is -0.392 e. The molecule has 8 heteroatoms. The molecule has 4 nitrogen and oxygen atoms in total. The van der Waals surface area contributed by atoms with E-state index in [-0.39, 0.29) is 10.9 Å². The molecule has 0 aromatic heterocycles. The average Bonchev–Trinajstić information content (AvgIpc) is 2.35. The molecule has 0 aromatic carbocycles. The van der Waals surface area contributed by atoms with Crippen LogP contribution in [0.15, 0.2) is 0 Å². The molecule has 1 atom stereocenters. The third kappa shape index (κ3) is 6.51. The summed E-state index contributed by atoms with van der Waals surface area (Å²) < 4.78 is 40.0. The number of alkyl halides is 3. The van der Waals surface area contributed by atoms with Crippen LogP contribution in [0.4, 0.5) is 13.2 Å². The Bertz CT molecular complexity index is 344. The summed E-state index contributed by atoms with van der Waals surface area (Å²) in [6.07, 6.45) is 0.612. The first kappa shape index (κ1) is 17.2. The molecule has 0 spiro atoms. The van der Waals surface area contributed by atoms with Gasteiger partial charge in [0.25, 0.3) is 0 Å². The summed E-state index contributed by atoms with van der Waals surface area (Å²) in [5, 5.41) is 2.57. The summed E-state index contributed by atoms with van der Waals surface area (Å²) in [5.74, 6) is -0.467. The van der Waals surface area contributed by atoms with Crippen LogP contribution in [0, 0.1) is 5.92 Å². The maximum absolute atomic E-state index is 11.9. The van der Waals surface area contributed by atoms with Crippen molar-refractivity contribution >= 4 is 23.1 Å². The van der Waals surface area contributed by atoms with Crippen LogP contribution in [0.5, 0.6) is 0 Å². The molecule has 0 saturated heterocycles. The maximum Gasteiger partial charge on any atom is 0.411 e. The second-order valence-electron chi connectivity index (χ2n) is 4.95. The van der Waals surface area contributed by atoms with Crippen molar-refractivity contribution in [3.8, 4) is 0 Å². The van der Waals surface area contributed by atoms with Gasteiger partial charge in [-0.1, -0.05) is 31.5 Å². The maximum atomic E-state index is 11.9. The number of carbonyl (C=O) groups excluding carboxylic acids is 1. The van der Waals surface area contributed by atoms with Gasteiger partial charge in [-0.05, 0) is 18.8 Å². The zero-order valence-electron chi connectivity index (χ0n) is 11.0. The molecule has 1 aliphatic rings. The fourth-order valence-corrected chi connectivity index (χ4v) is 2.61. The lowest BCUT2D eigenvalue weighted by Crippen LogP contribution is -2.50. The molecule has 1 fully saturated rings. The normalized spacial score (nSPS) is 18.6. The van der Waals surface area contributed by atoms with Crippen molar-refractivity contribution in [2.45, 2.75) is 44.3 Å². The standard InChI is InChI=1S/C12H19F3N2O2S/c13-12(14,15)7-19-6-9(18)17-10(11(16)20)8-4-2-1-3-5-8/h8,10H,1-7H2,(H2,16,20)(H,17,18). The van der Waals surface area contributed by atoms with Crippen molar-refractivity contribution in [3.63, 3.8) is 0 Å². The highest BCUT2D eigenvalue weighted by molar-refractivity contribution is 7.80. The number of nitrogens with two attached hydrogens (primary N) is 1. The summed E-state index contributed by atoms with van der Waals surface area (Å²) in [6, 6.07) is -0.465. The lowest BCUT2D eigenvalue weighted by atomic mass is 9.84. The molecule has 0 bridgehead atoms. The molecule has 1 saturated carbocycles. The van der Waals surface area contributed by atoms with Gasteiger partial charge < -0.3 is 15.8 Å². The van der Waals surface area contributed by atoms with Crippen molar-refractivity contribution < 1.29 is 22.7 Å². The highest BCUT2D eigenvalue weighted by Gasteiger charge is 2.29. The predicted molar refractivity (Wildman–Crippen MR) is 72.2 cm³/mol. The second-order valence-corrected chi connectivity index (χ2v) is 5.43. The van der Waals surface area contributed by atoms with E-state index in [1.54, 1.807) is 0 Å². The number of ether oxygens (including phenoxy) is 1. The molecule has 1 rings (SSSR count). The Labute approximate surface area is 121 Å². The topological polar surface area (TPSA) is 64.3 Å². The van der Waals surface area contributed by atoms with Crippen LogP contribution in [0.3, 0.4) is 0 Å². The molecule has 0 radical (unpaired) electrons. The van der Waals surface area contributed by atoms with E-state index in [1.807, 2.05) is 0 Å². The average molecular weight is 312 g/mol. The van der Waals surface area contributed by atoms with Gasteiger partial charge in [0.1, 0.15) is 13.2 Å². The molecule has 0 heterocycles. The lowest BCUT2D eigenvalue weighted by Gasteiger charge is -2.30. The Morgan fingerprint density at radius 3 is 2.45 bits per heavy atom. The number of hydrogen-bond acceptors (Lipinski definition) is 3. The van der Waals surface area contributed by atoms with E-state index in [4.69, 9.17) is 18.0 Å². The van der Waals surface area contributed by atoms with Crippen molar-refractivity contribution in [2.75, 3.05) is 13.2 Å². The molecule has 0 aromatic rings. The molecule has 1 aliphatic carbocycles. The van der Waals surface area contributed by atoms with Crippen molar-refractivity contribution in [1.29, 1.82) is 0 Å². The number of carbonyl (C=O) groups is 1. The van der Waals surface area contributed by atoms with Crippen LogP contribution in [0.1, 0.15) is 32.1 Å². The zero-order valence-corrected chi connectivity index (χ0v) is 11.9. The van der Waals surface area contributed by atoms with Crippen molar-refractivity contribution in [1.82, 2.24) is 5.32 Å². The van der Waals surface area contributed by atoms with Gasteiger partial charge in [-0.25, -0.2) is 0 Å². The molecular weight excluding hydrogens is 293 g/mol. The molecule has 20 heavy (non-hydrogen) atoms. The summed E-state index contributed by atoms with van der Waals surface area (Å²) in [4.78, 5) is 11.7. The predicted octanol–water partition coefficient (Wildman–Crippen LogP) is 1.92. The van der Waals surface area contributed by atoms with E-state index in [1.165, 1.54) is 0 Å². The first-order valence-corrected chi connectivity index (χ1v) is 6.93. The first-order chi connectivity index (χ1) is 9.29. The zero-order chi connectivity index (χ0) is 15.2. The van der Waals surface area contributed by atoms with E-state index < -0.39 is 31.3 Å². The van der Waals surface area contributed by atoms with Crippen LogP contribution in [0.2, 0.25) is 0 Å². The molecule has 0 aliphatic heterocycles. The first-order valence-electron chi connectivity index (χ1n) is 6.53. The Balaban J connectivity index is 2.41. The largest absolute Gasteiger partial charge is 0.411 e. The monoisotopic (exact) mass is 312 g/mol. The van der Waals surface area contributed by atoms with Crippen molar-refractivity contribution in [2.24, 2.45) is 11.7 Å². The molecule has 3 N–H and O–H groups in total. The van der Waals surface area contributed by atoms with Crippen molar-refractivity contribution in [3.05, 3.63) is 0 Å². The smallest absolute Gasteiger partial charge is 0.392 e. The molecule has 1 unspecified atom stereocenters. The van der Waals surface area contributed by atoms with Gasteiger partial charge in [0.15, 0.2) is 0 Å². The van der Waals surface area contributed by atoms with E-state index in [2.05, 4.69) is 10.1 Å². The van der Waals surface area contributed by atoms with Gasteiger partial charge in [-0.3, -0.25) is 4.79 Å². The van der Waals surface area contributed by atoms with Crippen LogP contribution >= 0.6 is 12.2 Å².